The Bertz CT molecular complexity index is 747. The van der Waals surface area contributed by atoms with Crippen molar-refractivity contribution in [3.05, 3.63) is 48.0 Å². The zero-order chi connectivity index (χ0) is 14.1. The average Bonchev–Trinajstić information content (AvgIpc) is 2.83. The molecule has 1 aromatic carbocycles. The third-order valence-corrected chi connectivity index (χ3v) is 3.43. The number of pyridine rings is 1. The van der Waals surface area contributed by atoms with Crippen LogP contribution in [0.15, 0.2) is 36.7 Å². The second kappa shape index (κ2) is 4.92. The first-order chi connectivity index (χ1) is 9.65. The van der Waals surface area contributed by atoms with Crippen LogP contribution in [0, 0.1) is 6.92 Å². The van der Waals surface area contributed by atoms with Crippen LogP contribution in [0.1, 0.15) is 11.4 Å². The van der Waals surface area contributed by atoms with Gasteiger partial charge in [-0.2, -0.15) is 5.10 Å². The predicted molar refractivity (Wildman–Crippen MR) is 79.6 cm³/mol. The van der Waals surface area contributed by atoms with Crippen molar-refractivity contribution in [1.82, 2.24) is 19.7 Å². The molecule has 0 spiro atoms. The molecule has 0 saturated heterocycles. The Kier molecular flexibility index (Phi) is 3.10. The lowest BCUT2D eigenvalue weighted by molar-refractivity contribution is 0.686. The maximum absolute atomic E-state index is 4.75. The highest BCUT2D eigenvalue weighted by molar-refractivity contribution is 5.81. The molecular weight excluding hydrogens is 250 g/mol. The van der Waals surface area contributed by atoms with Gasteiger partial charge in [0.25, 0.3) is 0 Å². The lowest BCUT2D eigenvalue weighted by Gasteiger charge is -2.20. The summed E-state index contributed by atoms with van der Waals surface area (Å²) in [5.41, 5.74) is 2.17. The number of aryl methyl sites for hydroxylation is 2. The van der Waals surface area contributed by atoms with E-state index in [1.54, 1.807) is 11.0 Å². The van der Waals surface area contributed by atoms with Crippen LogP contribution in [0.25, 0.3) is 10.9 Å². The van der Waals surface area contributed by atoms with Crippen LogP contribution in [0.4, 0.5) is 5.82 Å². The molecule has 102 valence electrons. The quantitative estimate of drug-likeness (QED) is 0.730. The van der Waals surface area contributed by atoms with E-state index >= 15 is 0 Å². The Labute approximate surface area is 117 Å². The van der Waals surface area contributed by atoms with Gasteiger partial charge in [0.15, 0.2) is 0 Å². The molecule has 5 heteroatoms. The normalized spacial score (nSPS) is 10.9. The first kappa shape index (κ1) is 12.6. The van der Waals surface area contributed by atoms with Gasteiger partial charge >= 0.3 is 0 Å². The zero-order valence-electron chi connectivity index (χ0n) is 11.9. The zero-order valence-corrected chi connectivity index (χ0v) is 11.9. The minimum atomic E-state index is 0.683. The van der Waals surface area contributed by atoms with Crippen molar-refractivity contribution in [3.8, 4) is 0 Å². The van der Waals surface area contributed by atoms with Gasteiger partial charge in [-0.25, -0.2) is 9.97 Å². The number of nitrogens with zero attached hydrogens (tertiary/aromatic N) is 5. The van der Waals surface area contributed by atoms with E-state index < -0.39 is 0 Å². The summed E-state index contributed by atoms with van der Waals surface area (Å²) < 4.78 is 1.78. The van der Waals surface area contributed by atoms with Gasteiger partial charge < -0.3 is 4.90 Å². The maximum atomic E-state index is 4.75. The molecule has 5 nitrogen and oxygen atoms in total. The Hall–Kier alpha value is -2.43. The van der Waals surface area contributed by atoms with Crippen molar-refractivity contribution in [1.29, 1.82) is 0 Å². The van der Waals surface area contributed by atoms with Crippen LogP contribution in [0.3, 0.4) is 0 Å². The SMILES string of the molecule is Cc1cc2ccccc2nc1N(C)Cc1ncnn1C. The van der Waals surface area contributed by atoms with E-state index in [4.69, 9.17) is 4.98 Å². The molecule has 0 saturated carbocycles. The number of hydrogen-bond donors (Lipinski definition) is 0. The molecule has 20 heavy (non-hydrogen) atoms. The van der Waals surface area contributed by atoms with Crippen LogP contribution in [-0.2, 0) is 13.6 Å². The maximum Gasteiger partial charge on any atom is 0.146 e. The third kappa shape index (κ3) is 2.22. The fourth-order valence-corrected chi connectivity index (χ4v) is 2.35. The molecule has 0 N–H and O–H groups in total. The monoisotopic (exact) mass is 267 g/mol. The molecule has 0 aliphatic rings. The summed E-state index contributed by atoms with van der Waals surface area (Å²) in [6.07, 6.45) is 1.57. The van der Waals surface area contributed by atoms with Crippen LogP contribution >= 0.6 is 0 Å². The number of para-hydroxylation sites is 1. The Balaban J connectivity index is 1.96. The number of rotatable bonds is 3. The molecule has 0 radical (unpaired) electrons. The van der Waals surface area contributed by atoms with Gasteiger partial charge in [-0.05, 0) is 24.6 Å². The second-order valence-corrected chi connectivity index (χ2v) is 4.98. The lowest BCUT2D eigenvalue weighted by atomic mass is 10.1. The molecule has 0 amide bonds. The smallest absolute Gasteiger partial charge is 0.146 e. The summed E-state index contributed by atoms with van der Waals surface area (Å²) in [5, 5.41) is 5.26. The summed E-state index contributed by atoms with van der Waals surface area (Å²) in [4.78, 5) is 11.1. The Morgan fingerprint density at radius 2 is 2.05 bits per heavy atom. The van der Waals surface area contributed by atoms with Crippen molar-refractivity contribution < 1.29 is 0 Å². The first-order valence-corrected chi connectivity index (χ1v) is 6.55. The number of aromatic nitrogens is 4. The van der Waals surface area contributed by atoms with E-state index in [0.717, 1.165) is 22.7 Å². The van der Waals surface area contributed by atoms with Gasteiger partial charge in [-0.1, -0.05) is 18.2 Å². The summed E-state index contributed by atoms with van der Waals surface area (Å²) in [6, 6.07) is 10.3. The van der Waals surface area contributed by atoms with E-state index in [9.17, 15) is 0 Å². The van der Waals surface area contributed by atoms with Gasteiger partial charge in [0.05, 0.1) is 12.1 Å². The van der Waals surface area contributed by atoms with Crippen LogP contribution in [-0.4, -0.2) is 26.8 Å². The Morgan fingerprint density at radius 1 is 1.25 bits per heavy atom. The largest absolute Gasteiger partial charge is 0.352 e. The van der Waals surface area contributed by atoms with Crippen LogP contribution in [0.5, 0.6) is 0 Å². The molecule has 0 aliphatic carbocycles. The molecule has 0 unspecified atom stereocenters. The minimum Gasteiger partial charge on any atom is -0.352 e. The standard InChI is InChI=1S/C15H17N5/c1-11-8-12-6-4-5-7-13(12)18-15(11)19(2)9-14-16-10-17-20(14)3/h4-8,10H,9H2,1-3H3. The van der Waals surface area contributed by atoms with E-state index in [-0.39, 0.29) is 0 Å². The van der Waals surface area contributed by atoms with E-state index in [1.807, 2.05) is 32.3 Å². The van der Waals surface area contributed by atoms with Gasteiger partial charge in [-0.3, -0.25) is 4.68 Å². The third-order valence-electron chi connectivity index (χ3n) is 3.43. The molecule has 3 rings (SSSR count). The summed E-state index contributed by atoms with van der Waals surface area (Å²) >= 11 is 0. The summed E-state index contributed by atoms with van der Waals surface area (Å²) in [5.74, 6) is 1.90. The molecule has 2 aromatic heterocycles. The van der Waals surface area contributed by atoms with Crippen molar-refractivity contribution >= 4 is 16.7 Å². The number of fused-ring (bicyclic) bond motifs is 1. The van der Waals surface area contributed by atoms with E-state index in [2.05, 4.69) is 34.0 Å². The fourth-order valence-electron chi connectivity index (χ4n) is 2.35. The molecule has 3 aromatic rings. The van der Waals surface area contributed by atoms with Crippen molar-refractivity contribution in [2.45, 2.75) is 13.5 Å². The lowest BCUT2D eigenvalue weighted by Crippen LogP contribution is -2.21. The van der Waals surface area contributed by atoms with Crippen molar-refractivity contribution in [2.24, 2.45) is 7.05 Å². The molecular formula is C15H17N5. The highest BCUT2D eigenvalue weighted by Crippen LogP contribution is 2.22. The summed E-state index contributed by atoms with van der Waals surface area (Å²) in [7, 11) is 3.93. The van der Waals surface area contributed by atoms with E-state index in [1.165, 1.54) is 5.39 Å². The van der Waals surface area contributed by atoms with Crippen LogP contribution < -0.4 is 4.90 Å². The first-order valence-electron chi connectivity index (χ1n) is 6.55. The molecule has 2 heterocycles. The topological polar surface area (TPSA) is 46.8 Å². The summed E-state index contributed by atoms with van der Waals surface area (Å²) in [6.45, 7) is 2.77. The van der Waals surface area contributed by atoms with Gasteiger partial charge in [0.1, 0.15) is 18.0 Å². The Morgan fingerprint density at radius 3 is 2.80 bits per heavy atom. The van der Waals surface area contributed by atoms with Crippen molar-refractivity contribution in [2.75, 3.05) is 11.9 Å². The predicted octanol–water partition coefficient (Wildman–Crippen LogP) is 2.31. The minimum absolute atomic E-state index is 0.683. The van der Waals surface area contributed by atoms with Crippen molar-refractivity contribution in [3.63, 3.8) is 0 Å². The fraction of sp³-hybridized carbons (Fsp3) is 0.267. The molecule has 0 atom stereocenters. The van der Waals surface area contributed by atoms with Gasteiger partial charge in [0, 0.05) is 19.5 Å². The van der Waals surface area contributed by atoms with Crippen LogP contribution in [0.2, 0.25) is 0 Å². The number of hydrogen-bond acceptors (Lipinski definition) is 4. The molecule has 0 fully saturated rings. The number of benzene rings is 1. The number of anilines is 1. The molecule has 0 bridgehead atoms. The van der Waals surface area contributed by atoms with Gasteiger partial charge in [0.2, 0.25) is 0 Å². The molecule has 0 aliphatic heterocycles. The average molecular weight is 267 g/mol. The van der Waals surface area contributed by atoms with Gasteiger partial charge in [-0.15, -0.1) is 0 Å². The van der Waals surface area contributed by atoms with E-state index in [0.29, 0.717) is 6.54 Å². The highest BCUT2D eigenvalue weighted by Gasteiger charge is 2.11. The highest BCUT2D eigenvalue weighted by atomic mass is 15.3. The second-order valence-electron chi connectivity index (χ2n) is 4.98.